The van der Waals surface area contributed by atoms with Crippen LogP contribution < -0.4 is 5.32 Å². The van der Waals surface area contributed by atoms with Gasteiger partial charge in [0.2, 0.25) is 5.13 Å². The third-order valence-electron chi connectivity index (χ3n) is 6.90. The van der Waals surface area contributed by atoms with E-state index in [0.717, 1.165) is 37.7 Å². The van der Waals surface area contributed by atoms with Crippen molar-refractivity contribution in [3.05, 3.63) is 64.7 Å². The first-order valence-corrected chi connectivity index (χ1v) is 12.4. The molecular weight excluding hydrogens is 458 g/mol. The second-order valence-corrected chi connectivity index (χ2v) is 10.4. The number of halogens is 1. The molecule has 170 valence electrons. The van der Waals surface area contributed by atoms with Crippen LogP contribution in [0.4, 0.5) is 5.13 Å². The van der Waals surface area contributed by atoms with Crippen LogP contribution in [0.1, 0.15) is 53.9 Å². The number of hydrogen-bond acceptors (Lipinski definition) is 5. The van der Waals surface area contributed by atoms with Gasteiger partial charge in [-0.1, -0.05) is 47.2 Å². The molecule has 6 nitrogen and oxygen atoms in total. The molecule has 2 fully saturated rings. The number of hydrogen-bond donors (Lipinski definition) is 2. The van der Waals surface area contributed by atoms with Gasteiger partial charge in [-0.25, -0.2) is 0 Å². The van der Waals surface area contributed by atoms with Crippen molar-refractivity contribution in [1.29, 1.82) is 0 Å². The van der Waals surface area contributed by atoms with Gasteiger partial charge in [0.05, 0.1) is 5.92 Å². The quantitative estimate of drug-likeness (QED) is 0.443. The Morgan fingerprint density at radius 1 is 1.03 bits per heavy atom. The lowest BCUT2D eigenvalue weighted by Crippen LogP contribution is -2.17. The Labute approximate surface area is 201 Å². The maximum Gasteiger partial charge on any atom is 0.306 e. The number of anilines is 1. The zero-order valence-electron chi connectivity index (χ0n) is 17.9. The van der Waals surface area contributed by atoms with Crippen molar-refractivity contribution in [2.45, 2.75) is 38.0 Å². The number of nitrogens with one attached hydrogen (secondary N) is 1. The van der Waals surface area contributed by atoms with Crippen LogP contribution in [0.2, 0.25) is 5.02 Å². The number of aromatic nitrogens is 2. The van der Waals surface area contributed by atoms with E-state index in [-0.39, 0.29) is 11.8 Å². The third kappa shape index (κ3) is 4.94. The highest BCUT2D eigenvalue weighted by molar-refractivity contribution is 7.18. The molecule has 2 atom stereocenters. The lowest BCUT2D eigenvalue weighted by atomic mass is 9.76. The standard InChI is InChI=1S/C25H24ClN3O3S/c26-19-3-1-2-18(12-19)23-28-29-25(33-23)27-22(30)17-10-6-15(7-11-17)14-4-8-16(9-5-14)20-13-21(20)24(31)32/h1-3,6-7,10-12,14,16,20-21H,4-5,8-9,13H2,(H,31,32)(H,27,29,30). The van der Waals surface area contributed by atoms with Gasteiger partial charge < -0.3 is 5.11 Å². The van der Waals surface area contributed by atoms with E-state index in [0.29, 0.717) is 38.5 Å². The van der Waals surface area contributed by atoms with Crippen LogP contribution in [0.5, 0.6) is 0 Å². The van der Waals surface area contributed by atoms with Gasteiger partial charge in [0, 0.05) is 16.1 Å². The topological polar surface area (TPSA) is 92.2 Å². The molecule has 2 saturated carbocycles. The minimum atomic E-state index is -0.634. The van der Waals surface area contributed by atoms with Gasteiger partial charge in [0.15, 0.2) is 0 Å². The van der Waals surface area contributed by atoms with E-state index in [1.165, 1.54) is 16.9 Å². The monoisotopic (exact) mass is 481 g/mol. The molecule has 0 saturated heterocycles. The van der Waals surface area contributed by atoms with Crippen LogP contribution in [-0.4, -0.2) is 27.2 Å². The molecule has 0 aliphatic heterocycles. The molecule has 1 amide bonds. The van der Waals surface area contributed by atoms with E-state index < -0.39 is 5.97 Å². The third-order valence-corrected chi connectivity index (χ3v) is 8.02. The molecule has 2 N–H and O–H groups in total. The number of benzene rings is 2. The molecule has 3 aromatic rings. The smallest absolute Gasteiger partial charge is 0.306 e. The van der Waals surface area contributed by atoms with Crippen molar-refractivity contribution in [2.75, 3.05) is 5.32 Å². The summed E-state index contributed by atoms with van der Waals surface area (Å²) in [4.78, 5) is 23.8. The van der Waals surface area contributed by atoms with Crippen LogP contribution in [0.25, 0.3) is 10.6 Å². The summed E-state index contributed by atoms with van der Waals surface area (Å²) in [6.07, 6.45) is 5.19. The second kappa shape index (κ2) is 9.23. The SMILES string of the molecule is O=C(Nc1nnc(-c2cccc(Cl)c2)s1)c1ccc(C2CCC(C3CC3C(=O)O)CC2)cc1. The average Bonchev–Trinajstić information content (AvgIpc) is 3.51. The number of rotatable bonds is 6. The van der Waals surface area contributed by atoms with E-state index in [4.69, 9.17) is 16.7 Å². The van der Waals surface area contributed by atoms with Crippen LogP contribution in [0.15, 0.2) is 48.5 Å². The maximum atomic E-state index is 12.7. The highest BCUT2D eigenvalue weighted by atomic mass is 35.5. The molecule has 0 bridgehead atoms. The summed E-state index contributed by atoms with van der Waals surface area (Å²) in [5.74, 6) is 0.450. The summed E-state index contributed by atoms with van der Waals surface area (Å²) in [6.45, 7) is 0. The Hall–Kier alpha value is -2.77. The van der Waals surface area contributed by atoms with Gasteiger partial charge in [-0.05, 0) is 79.7 Å². The molecule has 2 aliphatic carbocycles. The molecule has 2 aliphatic rings. The molecular formula is C25H24ClN3O3S. The zero-order valence-corrected chi connectivity index (χ0v) is 19.5. The Balaban J connectivity index is 1.16. The van der Waals surface area contributed by atoms with Crippen LogP contribution >= 0.6 is 22.9 Å². The Morgan fingerprint density at radius 2 is 1.79 bits per heavy atom. The molecule has 0 radical (unpaired) electrons. The van der Waals surface area contributed by atoms with Gasteiger partial charge in [-0.2, -0.15) is 0 Å². The van der Waals surface area contributed by atoms with E-state index in [2.05, 4.69) is 15.5 Å². The number of nitrogens with zero attached hydrogens (tertiary/aromatic N) is 2. The second-order valence-electron chi connectivity index (χ2n) is 8.95. The molecule has 1 heterocycles. The van der Waals surface area contributed by atoms with E-state index in [9.17, 15) is 9.59 Å². The summed E-state index contributed by atoms with van der Waals surface area (Å²) in [5, 5.41) is 22.0. The fourth-order valence-electron chi connectivity index (χ4n) is 4.99. The Morgan fingerprint density at radius 3 is 2.45 bits per heavy atom. The zero-order chi connectivity index (χ0) is 22.9. The summed E-state index contributed by atoms with van der Waals surface area (Å²) in [6, 6.07) is 15.2. The van der Waals surface area contributed by atoms with Gasteiger partial charge in [0.1, 0.15) is 5.01 Å². The van der Waals surface area contributed by atoms with Crippen molar-refractivity contribution in [2.24, 2.45) is 17.8 Å². The van der Waals surface area contributed by atoms with E-state index >= 15 is 0 Å². The number of amides is 1. The molecule has 2 aromatic carbocycles. The van der Waals surface area contributed by atoms with Crippen molar-refractivity contribution in [3.63, 3.8) is 0 Å². The number of carboxylic acid groups (broad SMARTS) is 1. The van der Waals surface area contributed by atoms with Gasteiger partial charge in [0.25, 0.3) is 5.91 Å². The predicted molar refractivity (Wildman–Crippen MR) is 129 cm³/mol. The fraction of sp³-hybridized carbons (Fsp3) is 0.360. The highest BCUT2D eigenvalue weighted by Crippen LogP contribution is 2.51. The van der Waals surface area contributed by atoms with E-state index in [1.54, 1.807) is 6.07 Å². The first kappa shape index (κ1) is 22.0. The first-order valence-electron chi connectivity index (χ1n) is 11.2. The van der Waals surface area contributed by atoms with Crippen molar-refractivity contribution in [3.8, 4) is 10.6 Å². The predicted octanol–water partition coefficient (Wildman–Crippen LogP) is 6.11. The van der Waals surface area contributed by atoms with Crippen molar-refractivity contribution in [1.82, 2.24) is 10.2 Å². The summed E-state index contributed by atoms with van der Waals surface area (Å²) >= 11 is 7.34. The van der Waals surface area contributed by atoms with Gasteiger partial charge in [-0.3, -0.25) is 14.9 Å². The molecule has 1 aromatic heterocycles. The average molecular weight is 482 g/mol. The van der Waals surface area contributed by atoms with Crippen LogP contribution in [-0.2, 0) is 4.79 Å². The summed E-state index contributed by atoms with van der Waals surface area (Å²) < 4.78 is 0. The molecule has 2 unspecified atom stereocenters. The van der Waals surface area contributed by atoms with E-state index in [1.807, 2.05) is 42.5 Å². The van der Waals surface area contributed by atoms with Crippen molar-refractivity contribution >= 4 is 39.9 Å². The minimum Gasteiger partial charge on any atom is -0.481 e. The Bertz CT molecular complexity index is 1170. The first-order chi connectivity index (χ1) is 16.0. The number of carboxylic acids is 1. The minimum absolute atomic E-state index is 0.112. The highest BCUT2D eigenvalue weighted by Gasteiger charge is 2.48. The number of carbonyl (C=O) groups excluding carboxylic acids is 1. The number of carbonyl (C=O) groups is 2. The molecule has 33 heavy (non-hydrogen) atoms. The molecule has 8 heteroatoms. The number of aliphatic carboxylic acids is 1. The fourth-order valence-corrected chi connectivity index (χ4v) is 5.91. The van der Waals surface area contributed by atoms with Crippen LogP contribution in [0.3, 0.4) is 0 Å². The largest absolute Gasteiger partial charge is 0.481 e. The lowest BCUT2D eigenvalue weighted by Gasteiger charge is -2.29. The molecule has 0 spiro atoms. The summed E-state index contributed by atoms with van der Waals surface area (Å²) in [7, 11) is 0. The van der Waals surface area contributed by atoms with Gasteiger partial charge in [-0.15, -0.1) is 10.2 Å². The lowest BCUT2D eigenvalue weighted by molar-refractivity contribution is -0.139. The maximum absolute atomic E-state index is 12.7. The van der Waals surface area contributed by atoms with Crippen LogP contribution in [0, 0.1) is 17.8 Å². The Kier molecular flexibility index (Phi) is 6.17. The molecule has 5 rings (SSSR count). The normalized spacial score (nSPS) is 24.3. The van der Waals surface area contributed by atoms with Gasteiger partial charge >= 0.3 is 5.97 Å². The summed E-state index contributed by atoms with van der Waals surface area (Å²) in [5.41, 5.74) is 2.68. The van der Waals surface area contributed by atoms with Crippen molar-refractivity contribution < 1.29 is 14.7 Å².